The van der Waals surface area contributed by atoms with E-state index in [1.807, 2.05) is 0 Å². The predicted molar refractivity (Wildman–Crippen MR) is 110 cm³/mol. The molecule has 180 valence electrons. The molecule has 3 amide bonds. The molecular formula is C18H30N6O8. The van der Waals surface area contributed by atoms with Crippen molar-refractivity contribution in [3.63, 3.8) is 0 Å². The highest BCUT2D eigenvalue weighted by atomic mass is 16.6. The van der Waals surface area contributed by atoms with Gasteiger partial charge in [-0.15, -0.1) is 0 Å². The lowest BCUT2D eigenvalue weighted by atomic mass is 10.1. The molecule has 0 rings (SSSR count). The van der Waals surface area contributed by atoms with Crippen LogP contribution in [0.2, 0.25) is 0 Å². The molecule has 32 heavy (non-hydrogen) atoms. The number of carboxylic acids is 2. The van der Waals surface area contributed by atoms with Gasteiger partial charge in [-0.05, 0) is 52.0 Å². The Morgan fingerprint density at radius 3 is 2.19 bits per heavy atom. The summed E-state index contributed by atoms with van der Waals surface area (Å²) in [6, 6.07) is -3.50. The van der Waals surface area contributed by atoms with E-state index >= 15 is 0 Å². The molecule has 0 aliphatic carbocycles. The Labute approximate surface area is 184 Å². The maximum atomic E-state index is 12.3. The lowest BCUT2D eigenvalue weighted by Crippen LogP contribution is -2.52. The number of carbonyl (C=O) groups excluding carboxylic acids is 3. The molecule has 0 fully saturated rings. The van der Waals surface area contributed by atoms with Gasteiger partial charge in [-0.3, -0.25) is 9.59 Å². The summed E-state index contributed by atoms with van der Waals surface area (Å²) in [7, 11) is 0. The van der Waals surface area contributed by atoms with Gasteiger partial charge in [0.15, 0.2) is 0 Å². The number of carbonyl (C=O) groups is 5. The zero-order valence-electron chi connectivity index (χ0n) is 18.3. The zero-order valence-corrected chi connectivity index (χ0v) is 18.3. The van der Waals surface area contributed by atoms with Crippen molar-refractivity contribution in [2.75, 3.05) is 13.1 Å². The molecule has 0 aliphatic rings. The van der Waals surface area contributed by atoms with Crippen molar-refractivity contribution in [1.82, 2.24) is 16.0 Å². The van der Waals surface area contributed by atoms with E-state index in [4.69, 9.17) is 15.4 Å². The van der Waals surface area contributed by atoms with E-state index in [1.54, 1.807) is 20.8 Å². The highest BCUT2D eigenvalue weighted by molar-refractivity contribution is 5.87. The predicted octanol–water partition coefficient (Wildman–Crippen LogP) is 0.911. The number of amides is 3. The van der Waals surface area contributed by atoms with Crippen LogP contribution in [0.3, 0.4) is 0 Å². The van der Waals surface area contributed by atoms with E-state index in [2.05, 4.69) is 26.0 Å². The Hall–Kier alpha value is -3.54. The van der Waals surface area contributed by atoms with Crippen molar-refractivity contribution in [2.24, 2.45) is 5.11 Å². The summed E-state index contributed by atoms with van der Waals surface area (Å²) >= 11 is 0. The molecular weight excluding hydrogens is 428 g/mol. The van der Waals surface area contributed by atoms with Crippen molar-refractivity contribution >= 4 is 29.8 Å². The molecule has 5 N–H and O–H groups in total. The summed E-state index contributed by atoms with van der Waals surface area (Å²) in [4.78, 5) is 60.5. The average Bonchev–Trinajstić information content (AvgIpc) is 2.66. The Morgan fingerprint density at radius 1 is 1.03 bits per heavy atom. The van der Waals surface area contributed by atoms with Crippen LogP contribution < -0.4 is 16.0 Å². The number of ether oxygens (including phenoxy) is 1. The molecule has 0 aromatic carbocycles. The number of carboxylic acid groups (broad SMARTS) is 2. The molecule has 14 nitrogen and oxygen atoms in total. The van der Waals surface area contributed by atoms with Gasteiger partial charge in [-0.25, -0.2) is 14.4 Å². The van der Waals surface area contributed by atoms with Gasteiger partial charge < -0.3 is 30.9 Å². The number of aliphatic carboxylic acids is 2. The summed E-state index contributed by atoms with van der Waals surface area (Å²) in [5, 5.41) is 28.2. The summed E-state index contributed by atoms with van der Waals surface area (Å²) in [5.74, 6) is -3.77. The van der Waals surface area contributed by atoms with E-state index in [0.29, 0.717) is 12.8 Å². The number of hydrogen-bond donors (Lipinski definition) is 5. The standard InChI is InChI=1S/C18H30N6O8/c1-18(2,3)32-16(30)12(7-8-14(26)27)23-17(31)22-11(15(28)29)6-4-5-9-20-13(25)10-21-24-19/h11-12H,4-10H2,1-3H3,(H,20,25)(H,26,27)(H,28,29)(H2,22,23,31)/t11-,12-/m0/s1. The van der Waals surface area contributed by atoms with Crippen molar-refractivity contribution in [3.05, 3.63) is 10.4 Å². The number of azide groups is 1. The first-order chi connectivity index (χ1) is 14.9. The molecule has 0 aliphatic heterocycles. The van der Waals surface area contributed by atoms with Crippen molar-refractivity contribution in [1.29, 1.82) is 0 Å². The summed E-state index contributed by atoms with van der Waals surface area (Å²) in [5.41, 5.74) is 7.27. The molecule has 0 bridgehead atoms. The van der Waals surface area contributed by atoms with Gasteiger partial charge in [-0.2, -0.15) is 0 Å². The van der Waals surface area contributed by atoms with E-state index in [9.17, 15) is 29.1 Å². The highest BCUT2D eigenvalue weighted by Gasteiger charge is 2.28. The largest absolute Gasteiger partial charge is 0.481 e. The second kappa shape index (κ2) is 14.5. The van der Waals surface area contributed by atoms with Crippen LogP contribution in [0, 0.1) is 0 Å². The molecule has 14 heteroatoms. The number of rotatable bonds is 14. The van der Waals surface area contributed by atoms with Crippen LogP contribution in [0.1, 0.15) is 52.9 Å². The van der Waals surface area contributed by atoms with Crippen LogP contribution in [-0.2, 0) is 23.9 Å². The topological polar surface area (TPSA) is 220 Å². The molecule has 0 unspecified atom stereocenters. The zero-order chi connectivity index (χ0) is 24.7. The molecule has 0 heterocycles. The third-order valence-corrected chi connectivity index (χ3v) is 3.77. The van der Waals surface area contributed by atoms with Gasteiger partial charge >= 0.3 is 23.9 Å². The number of hydrogen-bond acceptors (Lipinski definition) is 7. The Kier molecular flexibility index (Phi) is 12.9. The van der Waals surface area contributed by atoms with E-state index in [-0.39, 0.29) is 25.9 Å². The average molecular weight is 458 g/mol. The Morgan fingerprint density at radius 2 is 1.66 bits per heavy atom. The number of nitrogens with zero attached hydrogens (tertiary/aromatic N) is 3. The molecule has 0 spiro atoms. The van der Waals surface area contributed by atoms with Gasteiger partial charge in [0, 0.05) is 17.9 Å². The molecule has 0 saturated heterocycles. The number of urea groups is 1. The fourth-order valence-corrected chi connectivity index (χ4v) is 2.36. The fourth-order valence-electron chi connectivity index (χ4n) is 2.36. The highest BCUT2D eigenvalue weighted by Crippen LogP contribution is 2.11. The molecule has 0 radical (unpaired) electrons. The van der Waals surface area contributed by atoms with E-state index in [0.717, 1.165) is 0 Å². The summed E-state index contributed by atoms with van der Waals surface area (Å²) in [6.45, 7) is 4.72. The van der Waals surface area contributed by atoms with Crippen LogP contribution in [0.25, 0.3) is 10.4 Å². The molecule has 2 atom stereocenters. The monoisotopic (exact) mass is 458 g/mol. The third kappa shape index (κ3) is 14.4. The second-order valence-electron chi connectivity index (χ2n) is 7.76. The first-order valence-corrected chi connectivity index (χ1v) is 9.87. The Balaban J connectivity index is 4.72. The lowest BCUT2D eigenvalue weighted by Gasteiger charge is -2.25. The van der Waals surface area contributed by atoms with Gasteiger partial charge in [0.05, 0.1) is 0 Å². The maximum absolute atomic E-state index is 12.3. The van der Waals surface area contributed by atoms with Crippen LogP contribution in [0.15, 0.2) is 5.11 Å². The summed E-state index contributed by atoms with van der Waals surface area (Å²) < 4.78 is 5.17. The quantitative estimate of drug-likeness (QED) is 0.0825. The van der Waals surface area contributed by atoms with Crippen LogP contribution in [0.4, 0.5) is 4.79 Å². The lowest BCUT2D eigenvalue weighted by molar-refractivity contribution is -0.157. The smallest absolute Gasteiger partial charge is 0.329 e. The summed E-state index contributed by atoms with van der Waals surface area (Å²) in [6.07, 6.45) is 0.159. The number of nitrogens with one attached hydrogen (secondary N) is 3. The van der Waals surface area contributed by atoms with Crippen LogP contribution >= 0.6 is 0 Å². The van der Waals surface area contributed by atoms with Gasteiger partial charge in [0.25, 0.3) is 0 Å². The minimum Gasteiger partial charge on any atom is -0.481 e. The minimum absolute atomic E-state index is 0.0429. The van der Waals surface area contributed by atoms with Gasteiger partial charge in [0.1, 0.15) is 24.2 Å². The van der Waals surface area contributed by atoms with Crippen molar-refractivity contribution < 1.29 is 38.9 Å². The SMILES string of the molecule is CC(C)(C)OC(=O)[C@H](CCC(=O)O)NC(=O)N[C@@H](CCCCNC(=O)CN=[N+]=[N-])C(=O)O. The first-order valence-electron chi connectivity index (χ1n) is 9.87. The number of unbranched alkanes of at least 4 members (excludes halogenated alkanes) is 1. The third-order valence-electron chi connectivity index (χ3n) is 3.77. The molecule has 0 aromatic heterocycles. The van der Waals surface area contributed by atoms with Crippen molar-refractivity contribution in [3.8, 4) is 0 Å². The fraction of sp³-hybridized carbons (Fsp3) is 0.722. The van der Waals surface area contributed by atoms with Gasteiger partial charge in [-0.1, -0.05) is 5.11 Å². The van der Waals surface area contributed by atoms with Gasteiger partial charge in [0.2, 0.25) is 5.91 Å². The second-order valence-corrected chi connectivity index (χ2v) is 7.76. The molecule has 0 aromatic rings. The van der Waals surface area contributed by atoms with E-state index in [1.165, 1.54) is 0 Å². The number of esters is 1. The van der Waals surface area contributed by atoms with Crippen molar-refractivity contribution in [2.45, 2.75) is 70.6 Å². The maximum Gasteiger partial charge on any atom is 0.329 e. The Bertz CT molecular complexity index is 729. The molecule has 0 saturated carbocycles. The first kappa shape index (κ1) is 28.5. The van der Waals surface area contributed by atoms with E-state index < -0.39 is 54.0 Å². The van der Waals surface area contributed by atoms with Crippen LogP contribution in [0.5, 0.6) is 0 Å². The normalized spacial score (nSPS) is 12.5. The van der Waals surface area contributed by atoms with Crippen LogP contribution in [-0.4, -0.2) is 70.8 Å². The minimum atomic E-state index is -1.30.